The van der Waals surface area contributed by atoms with Crippen molar-refractivity contribution in [2.75, 3.05) is 13.1 Å². The molecule has 0 saturated carbocycles. The molecule has 0 aliphatic carbocycles. The standard InChI is InChI=1S/C20H20N2O4/c1-3-21(4-2)19(25)13-9-10-17-16(11-13)14-7-5-6-8-15(14)20(26)22(17)12-18(23)24/h5-11H,3-4,12H2,1-2H3,(H,23,24). The SMILES string of the molecule is CCN(CC)C(=O)c1ccc2c(c1)c1ccccc1c(=O)n2CC(=O)O. The highest BCUT2D eigenvalue weighted by Crippen LogP contribution is 2.24. The van der Waals surface area contributed by atoms with Gasteiger partial charge in [0, 0.05) is 29.4 Å². The van der Waals surface area contributed by atoms with Crippen LogP contribution < -0.4 is 5.56 Å². The molecule has 3 rings (SSSR count). The van der Waals surface area contributed by atoms with E-state index in [-0.39, 0.29) is 11.5 Å². The number of nitrogens with zero attached hydrogens (tertiary/aromatic N) is 2. The van der Waals surface area contributed by atoms with Crippen LogP contribution in [0.1, 0.15) is 24.2 Å². The maximum absolute atomic E-state index is 12.7. The molecule has 0 unspecified atom stereocenters. The van der Waals surface area contributed by atoms with E-state index in [4.69, 9.17) is 0 Å². The zero-order chi connectivity index (χ0) is 18.8. The minimum Gasteiger partial charge on any atom is -0.480 e. The number of hydrogen-bond acceptors (Lipinski definition) is 3. The Labute approximate surface area is 150 Å². The molecule has 2 aromatic carbocycles. The Bertz CT molecular complexity index is 1060. The first-order chi connectivity index (χ1) is 12.5. The summed E-state index contributed by atoms with van der Waals surface area (Å²) in [5, 5.41) is 11.0. The lowest BCUT2D eigenvalue weighted by atomic mass is 10.0. The van der Waals surface area contributed by atoms with Crippen LogP contribution in [-0.4, -0.2) is 39.5 Å². The van der Waals surface area contributed by atoms with Crippen molar-refractivity contribution in [2.45, 2.75) is 20.4 Å². The monoisotopic (exact) mass is 352 g/mol. The van der Waals surface area contributed by atoms with Gasteiger partial charge >= 0.3 is 5.97 Å². The normalized spacial score (nSPS) is 11.0. The van der Waals surface area contributed by atoms with Crippen LogP contribution in [0.2, 0.25) is 0 Å². The van der Waals surface area contributed by atoms with Gasteiger partial charge in [0.1, 0.15) is 6.54 Å². The van der Waals surface area contributed by atoms with Gasteiger partial charge in [-0.3, -0.25) is 19.0 Å². The average molecular weight is 352 g/mol. The summed E-state index contributed by atoms with van der Waals surface area (Å²) >= 11 is 0. The van der Waals surface area contributed by atoms with Gasteiger partial charge in [0.2, 0.25) is 0 Å². The Balaban J connectivity index is 2.33. The van der Waals surface area contributed by atoms with Gasteiger partial charge in [-0.1, -0.05) is 18.2 Å². The van der Waals surface area contributed by atoms with Crippen LogP contribution in [0.25, 0.3) is 21.7 Å². The van der Waals surface area contributed by atoms with Crippen LogP contribution in [0.3, 0.4) is 0 Å². The Morgan fingerprint density at radius 1 is 1.00 bits per heavy atom. The lowest BCUT2D eigenvalue weighted by molar-refractivity contribution is -0.137. The second-order valence-corrected chi connectivity index (χ2v) is 6.04. The lowest BCUT2D eigenvalue weighted by Gasteiger charge is -2.19. The van der Waals surface area contributed by atoms with E-state index in [1.807, 2.05) is 26.0 Å². The number of carbonyl (C=O) groups is 2. The smallest absolute Gasteiger partial charge is 0.323 e. The molecule has 1 heterocycles. The molecule has 1 aromatic heterocycles. The Hall–Kier alpha value is -3.15. The zero-order valence-electron chi connectivity index (χ0n) is 14.7. The average Bonchev–Trinajstić information content (AvgIpc) is 2.65. The van der Waals surface area contributed by atoms with Crippen molar-refractivity contribution in [3.8, 4) is 0 Å². The van der Waals surface area contributed by atoms with E-state index < -0.39 is 12.5 Å². The first kappa shape index (κ1) is 17.7. The summed E-state index contributed by atoms with van der Waals surface area (Å²) in [7, 11) is 0. The molecule has 0 radical (unpaired) electrons. The Morgan fingerprint density at radius 2 is 1.65 bits per heavy atom. The molecule has 0 fully saturated rings. The van der Waals surface area contributed by atoms with Crippen molar-refractivity contribution < 1.29 is 14.7 Å². The zero-order valence-corrected chi connectivity index (χ0v) is 14.7. The maximum atomic E-state index is 12.7. The molecule has 0 aliphatic heterocycles. The van der Waals surface area contributed by atoms with E-state index in [9.17, 15) is 19.5 Å². The molecule has 0 atom stereocenters. The number of aromatic nitrogens is 1. The van der Waals surface area contributed by atoms with Crippen molar-refractivity contribution in [2.24, 2.45) is 0 Å². The highest BCUT2D eigenvalue weighted by molar-refractivity contribution is 6.08. The second-order valence-electron chi connectivity index (χ2n) is 6.04. The summed E-state index contributed by atoms with van der Waals surface area (Å²) in [5.41, 5.74) is 0.678. The number of carboxylic acid groups (broad SMARTS) is 1. The summed E-state index contributed by atoms with van der Waals surface area (Å²) in [6.07, 6.45) is 0. The van der Waals surface area contributed by atoms with E-state index in [0.29, 0.717) is 40.3 Å². The quantitative estimate of drug-likeness (QED) is 0.716. The van der Waals surface area contributed by atoms with Crippen molar-refractivity contribution in [1.29, 1.82) is 0 Å². The number of hydrogen-bond donors (Lipinski definition) is 1. The molecule has 6 nitrogen and oxygen atoms in total. The van der Waals surface area contributed by atoms with Gasteiger partial charge in [-0.15, -0.1) is 0 Å². The van der Waals surface area contributed by atoms with E-state index >= 15 is 0 Å². The third kappa shape index (κ3) is 2.94. The molecule has 26 heavy (non-hydrogen) atoms. The number of amides is 1. The predicted molar refractivity (Wildman–Crippen MR) is 101 cm³/mol. The summed E-state index contributed by atoms with van der Waals surface area (Å²) in [6, 6.07) is 12.1. The molecular formula is C20H20N2O4. The molecule has 0 bridgehead atoms. The van der Waals surface area contributed by atoms with Crippen LogP contribution in [0, 0.1) is 0 Å². The molecule has 134 valence electrons. The van der Waals surface area contributed by atoms with Crippen molar-refractivity contribution in [3.05, 3.63) is 58.4 Å². The fourth-order valence-electron chi connectivity index (χ4n) is 3.27. The predicted octanol–water partition coefficient (Wildman–Crippen LogP) is 2.72. The van der Waals surface area contributed by atoms with E-state index in [2.05, 4.69) is 0 Å². The first-order valence-corrected chi connectivity index (χ1v) is 8.54. The third-order valence-electron chi connectivity index (χ3n) is 4.57. The van der Waals surface area contributed by atoms with Crippen LogP contribution >= 0.6 is 0 Å². The largest absolute Gasteiger partial charge is 0.480 e. The van der Waals surface area contributed by atoms with E-state index in [1.54, 1.807) is 35.2 Å². The molecule has 0 spiro atoms. The van der Waals surface area contributed by atoms with Crippen LogP contribution in [-0.2, 0) is 11.3 Å². The van der Waals surface area contributed by atoms with E-state index in [0.717, 1.165) is 0 Å². The van der Waals surface area contributed by atoms with Gasteiger partial charge in [-0.05, 0) is 43.5 Å². The molecule has 0 saturated heterocycles. The van der Waals surface area contributed by atoms with Crippen LogP contribution in [0.4, 0.5) is 0 Å². The molecule has 3 aromatic rings. The molecular weight excluding hydrogens is 332 g/mol. The highest BCUT2D eigenvalue weighted by Gasteiger charge is 2.17. The molecule has 1 amide bonds. The minimum atomic E-state index is -1.09. The van der Waals surface area contributed by atoms with Crippen LogP contribution in [0.15, 0.2) is 47.3 Å². The second kappa shape index (κ2) is 7.00. The Morgan fingerprint density at radius 3 is 2.27 bits per heavy atom. The number of fused-ring (bicyclic) bond motifs is 3. The number of pyridine rings is 1. The Kier molecular flexibility index (Phi) is 4.75. The van der Waals surface area contributed by atoms with E-state index in [1.165, 1.54) is 4.57 Å². The molecule has 6 heteroatoms. The first-order valence-electron chi connectivity index (χ1n) is 8.54. The lowest BCUT2D eigenvalue weighted by Crippen LogP contribution is -2.30. The molecule has 1 N–H and O–H groups in total. The van der Waals surface area contributed by atoms with Crippen molar-refractivity contribution in [3.63, 3.8) is 0 Å². The summed E-state index contributed by atoms with van der Waals surface area (Å²) in [5.74, 6) is -1.18. The third-order valence-corrected chi connectivity index (χ3v) is 4.57. The summed E-state index contributed by atoms with van der Waals surface area (Å²) in [6.45, 7) is 4.62. The van der Waals surface area contributed by atoms with Crippen LogP contribution in [0.5, 0.6) is 0 Å². The summed E-state index contributed by atoms with van der Waals surface area (Å²) in [4.78, 5) is 38.3. The van der Waals surface area contributed by atoms with Gasteiger partial charge < -0.3 is 10.0 Å². The number of benzene rings is 2. The maximum Gasteiger partial charge on any atom is 0.323 e. The highest BCUT2D eigenvalue weighted by atomic mass is 16.4. The number of aliphatic carboxylic acids is 1. The molecule has 0 aliphatic rings. The van der Waals surface area contributed by atoms with Gasteiger partial charge in [-0.25, -0.2) is 0 Å². The number of carbonyl (C=O) groups excluding carboxylic acids is 1. The van der Waals surface area contributed by atoms with Gasteiger partial charge in [0.05, 0.1) is 5.52 Å². The van der Waals surface area contributed by atoms with Gasteiger partial charge in [-0.2, -0.15) is 0 Å². The minimum absolute atomic E-state index is 0.0861. The van der Waals surface area contributed by atoms with Crippen molar-refractivity contribution in [1.82, 2.24) is 9.47 Å². The topological polar surface area (TPSA) is 79.6 Å². The number of carboxylic acids is 1. The van der Waals surface area contributed by atoms with Gasteiger partial charge in [0.15, 0.2) is 0 Å². The van der Waals surface area contributed by atoms with Crippen molar-refractivity contribution >= 4 is 33.6 Å². The van der Waals surface area contributed by atoms with Gasteiger partial charge in [0.25, 0.3) is 11.5 Å². The fourth-order valence-corrected chi connectivity index (χ4v) is 3.27. The fraction of sp³-hybridized carbons (Fsp3) is 0.250. The summed E-state index contributed by atoms with van der Waals surface area (Å²) < 4.78 is 1.24. The number of rotatable bonds is 5.